The van der Waals surface area contributed by atoms with Crippen LogP contribution in [0.2, 0.25) is 0 Å². The second-order valence-electron chi connectivity index (χ2n) is 4.23. The van der Waals surface area contributed by atoms with Gasteiger partial charge in [-0.1, -0.05) is 41.1 Å². The summed E-state index contributed by atoms with van der Waals surface area (Å²) < 4.78 is 0.781. The summed E-state index contributed by atoms with van der Waals surface area (Å²) in [5.41, 5.74) is 1.07. The molecule has 2 aromatic rings. The third-order valence-electron chi connectivity index (χ3n) is 2.76. The highest BCUT2D eigenvalue weighted by molar-refractivity contribution is 9.10. The maximum Gasteiger partial charge on any atom is 0.295 e. The number of hydrogen-bond donors (Lipinski definition) is 1. The second kappa shape index (κ2) is 6.47. The number of halogens is 1. The average Bonchev–Trinajstić information content (AvgIpc) is 2.45. The van der Waals surface area contributed by atoms with Gasteiger partial charge < -0.3 is 5.32 Å². The molecule has 20 heavy (non-hydrogen) atoms. The Kier molecular flexibility index (Phi) is 4.68. The van der Waals surface area contributed by atoms with Crippen LogP contribution in [0, 0.1) is 10.1 Å². The van der Waals surface area contributed by atoms with E-state index in [1.54, 1.807) is 6.07 Å². The topological polar surface area (TPSA) is 68.1 Å². The van der Waals surface area contributed by atoms with Crippen molar-refractivity contribution < 1.29 is 4.92 Å². The van der Waals surface area contributed by atoms with E-state index < -0.39 is 4.92 Å². The molecular weight excluding hydrogens is 322 g/mol. The van der Waals surface area contributed by atoms with Crippen molar-refractivity contribution in [3.63, 3.8) is 0 Å². The van der Waals surface area contributed by atoms with Crippen molar-refractivity contribution in [2.24, 2.45) is 0 Å². The van der Waals surface area contributed by atoms with Crippen LogP contribution in [0.15, 0.2) is 40.9 Å². The summed E-state index contributed by atoms with van der Waals surface area (Å²) in [7, 11) is 0. The minimum absolute atomic E-state index is 0.000974. The smallest absolute Gasteiger partial charge is 0.295 e. The number of rotatable bonds is 5. The standard InChI is InChI=1S/C14H14BrN3O2/c1-2-9-16-13-8-7-12(18(19)20)14(17-13)10-5-3-4-6-11(10)15/h3-8H,2,9H2,1H3,(H,16,17). The molecule has 0 saturated heterocycles. The Morgan fingerprint density at radius 2 is 2.05 bits per heavy atom. The van der Waals surface area contributed by atoms with Crippen molar-refractivity contribution in [3.8, 4) is 11.3 Å². The van der Waals surface area contributed by atoms with Crippen LogP contribution in [0.5, 0.6) is 0 Å². The highest BCUT2D eigenvalue weighted by Crippen LogP contribution is 2.34. The van der Waals surface area contributed by atoms with Gasteiger partial charge in [-0.05, 0) is 18.6 Å². The quantitative estimate of drug-likeness (QED) is 0.655. The molecule has 1 aromatic carbocycles. The van der Waals surface area contributed by atoms with E-state index in [2.05, 4.69) is 26.2 Å². The lowest BCUT2D eigenvalue weighted by atomic mass is 10.1. The van der Waals surface area contributed by atoms with Gasteiger partial charge in [0.2, 0.25) is 0 Å². The normalized spacial score (nSPS) is 10.3. The van der Waals surface area contributed by atoms with Crippen molar-refractivity contribution in [2.45, 2.75) is 13.3 Å². The molecule has 2 rings (SSSR count). The summed E-state index contributed by atoms with van der Waals surface area (Å²) in [5.74, 6) is 0.642. The molecule has 5 nitrogen and oxygen atoms in total. The molecule has 0 amide bonds. The van der Waals surface area contributed by atoms with Gasteiger partial charge in [0.25, 0.3) is 5.69 Å². The average molecular weight is 336 g/mol. The highest BCUT2D eigenvalue weighted by atomic mass is 79.9. The van der Waals surface area contributed by atoms with E-state index >= 15 is 0 Å². The molecule has 0 saturated carbocycles. The zero-order valence-corrected chi connectivity index (χ0v) is 12.6. The number of aromatic nitrogens is 1. The summed E-state index contributed by atoms with van der Waals surface area (Å²) in [6.45, 7) is 2.83. The number of benzene rings is 1. The lowest BCUT2D eigenvalue weighted by Crippen LogP contribution is -2.04. The third-order valence-corrected chi connectivity index (χ3v) is 3.45. The van der Waals surface area contributed by atoms with E-state index in [1.165, 1.54) is 6.07 Å². The van der Waals surface area contributed by atoms with Crippen LogP contribution in [0.4, 0.5) is 11.5 Å². The maximum absolute atomic E-state index is 11.2. The first-order valence-corrected chi connectivity index (χ1v) is 7.07. The van der Waals surface area contributed by atoms with E-state index in [4.69, 9.17) is 0 Å². The third kappa shape index (κ3) is 3.14. The van der Waals surface area contributed by atoms with Crippen molar-refractivity contribution in [2.75, 3.05) is 11.9 Å². The molecular formula is C14H14BrN3O2. The molecule has 0 aliphatic carbocycles. The van der Waals surface area contributed by atoms with E-state index in [9.17, 15) is 10.1 Å². The van der Waals surface area contributed by atoms with Crippen LogP contribution in [0.25, 0.3) is 11.3 Å². The number of anilines is 1. The molecule has 0 atom stereocenters. The minimum Gasteiger partial charge on any atom is -0.370 e. The van der Waals surface area contributed by atoms with Crippen LogP contribution in [0.3, 0.4) is 0 Å². The first kappa shape index (κ1) is 14.5. The summed E-state index contributed by atoms with van der Waals surface area (Å²) in [5, 5.41) is 14.3. The first-order chi connectivity index (χ1) is 9.63. The SMILES string of the molecule is CCCNc1ccc([N+](=O)[O-])c(-c2ccccc2Br)n1. The van der Waals surface area contributed by atoms with Gasteiger partial charge in [0.15, 0.2) is 5.69 Å². The second-order valence-corrected chi connectivity index (χ2v) is 5.08. The van der Waals surface area contributed by atoms with E-state index in [0.29, 0.717) is 17.1 Å². The number of nitrogens with zero attached hydrogens (tertiary/aromatic N) is 2. The van der Waals surface area contributed by atoms with E-state index in [-0.39, 0.29) is 5.69 Å². The highest BCUT2D eigenvalue weighted by Gasteiger charge is 2.19. The molecule has 0 fully saturated rings. The van der Waals surface area contributed by atoms with Crippen LogP contribution in [-0.2, 0) is 0 Å². The van der Waals surface area contributed by atoms with Crippen LogP contribution in [-0.4, -0.2) is 16.5 Å². The molecule has 0 bridgehead atoms. The van der Waals surface area contributed by atoms with Gasteiger partial charge in [0.05, 0.1) is 4.92 Å². The maximum atomic E-state index is 11.2. The Morgan fingerprint density at radius 3 is 2.70 bits per heavy atom. The minimum atomic E-state index is -0.411. The summed E-state index contributed by atoms with van der Waals surface area (Å²) >= 11 is 3.41. The Hall–Kier alpha value is -1.95. The first-order valence-electron chi connectivity index (χ1n) is 6.27. The van der Waals surface area contributed by atoms with Gasteiger partial charge in [-0.2, -0.15) is 0 Å². The fraction of sp³-hybridized carbons (Fsp3) is 0.214. The van der Waals surface area contributed by atoms with Gasteiger partial charge in [-0.15, -0.1) is 0 Å². The Bertz CT molecular complexity index is 632. The van der Waals surface area contributed by atoms with Gasteiger partial charge in [-0.25, -0.2) is 4.98 Å². The number of pyridine rings is 1. The predicted molar refractivity (Wildman–Crippen MR) is 82.8 cm³/mol. The Morgan fingerprint density at radius 1 is 1.30 bits per heavy atom. The Labute approximate surface area is 125 Å². The molecule has 0 spiro atoms. The molecule has 0 radical (unpaired) electrons. The van der Waals surface area contributed by atoms with Gasteiger partial charge in [0, 0.05) is 22.6 Å². The predicted octanol–water partition coefficient (Wildman–Crippen LogP) is 4.24. The largest absolute Gasteiger partial charge is 0.370 e. The van der Waals surface area contributed by atoms with Crippen molar-refractivity contribution in [1.29, 1.82) is 0 Å². The summed E-state index contributed by atoms with van der Waals surface area (Å²) in [6.07, 6.45) is 0.961. The van der Waals surface area contributed by atoms with E-state index in [0.717, 1.165) is 17.4 Å². The molecule has 1 heterocycles. The summed E-state index contributed by atoms with van der Waals surface area (Å²) in [6, 6.07) is 10.5. The van der Waals surface area contributed by atoms with Gasteiger partial charge >= 0.3 is 0 Å². The molecule has 0 aliphatic rings. The van der Waals surface area contributed by atoms with Crippen molar-refractivity contribution in [1.82, 2.24) is 4.98 Å². The van der Waals surface area contributed by atoms with E-state index in [1.807, 2.05) is 31.2 Å². The lowest BCUT2D eigenvalue weighted by molar-refractivity contribution is -0.384. The van der Waals surface area contributed by atoms with Crippen molar-refractivity contribution >= 4 is 27.4 Å². The van der Waals surface area contributed by atoms with Crippen LogP contribution in [0.1, 0.15) is 13.3 Å². The molecule has 0 unspecified atom stereocenters. The molecule has 104 valence electrons. The fourth-order valence-electron chi connectivity index (χ4n) is 1.80. The zero-order chi connectivity index (χ0) is 14.5. The lowest BCUT2D eigenvalue weighted by Gasteiger charge is -2.08. The molecule has 0 aliphatic heterocycles. The fourth-order valence-corrected chi connectivity index (χ4v) is 2.27. The van der Waals surface area contributed by atoms with Crippen LogP contribution < -0.4 is 5.32 Å². The molecule has 6 heteroatoms. The number of nitrogens with one attached hydrogen (secondary N) is 1. The molecule has 1 aromatic heterocycles. The van der Waals surface area contributed by atoms with Gasteiger partial charge in [-0.3, -0.25) is 10.1 Å². The number of hydrogen-bond acceptors (Lipinski definition) is 4. The van der Waals surface area contributed by atoms with Crippen molar-refractivity contribution in [3.05, 3.63) is 51.0 Å². The molecule has 1 N–H and O–H groups in total. The number of nitro groups is 1. The Balaban J connectivity index is 2.53. The van der Waals surface area contributed by atoms with Gasteiger partial charge in [0.1, 0.15) is 5.82 Å². The summed E-state index contributed by atoms with van der Waals surface area (Å²) in [4.78, 5) is 15.1. The zero-order valence-electron chi connectivity index (χ0n) is 11.0. The van der Waals surface area contributed by atoms with Crippen LogP contribution >= 0.6 is 15.9 Å². The monoisotopic (exact) mass is 335 g/mol.